The Hall–Kier alpha value is -4.98. The maximum atomic E-state index is 12.9. The molecule has 3 aromatic carbocycles. The number of hydrogen-bond donors (Lipinski definition) is 3. The number of aromatic nitrogens is 5. The Labute approximate surface area is 207 Å². The lowest BCUT2D eigenvalue weighted by molar-refractivity contribution is 0.102. The van der Waals surface area contributed by atoms with Crippen molar-refractivity contribution >= 4 is 39.5 Å². The predicted octanol–water partition coefficient (Wildman–Crippen LogP) is 5.72. The largest absolute Gasteiger partial charge is 0.361 e. The molecule has 3 aromatic heterocycles. The molecule has 0 unspecified atom stereocenters. The van der Waals surface area contributed by atoms with Crippen LogP contribution in [0, 0.1) is 0 Å². The quantitative estimate of drug-likeness (QED) is 0.287. The van der Waals surface area contributed by atoms with Crippen molar-refractivity contribution in [2.75, 3.05) is 10.6 Å². The Bertz CT molecular complexity index is 1700. The summed E-state index contributed by atoms with van der Waals surface area (Å²) in [5, 5.41) is 7.38. The molecule has 1 amide bonds. The third kappa shape index (κ3) is 4.16. The molecule has 0 saturated carbocycles. The number of carbonyl (C=O) groups is 1. The minimum Gasteiger partial charge on any atom is -0.361 e. The van der Waals surface area contributed by atoms with Crippen LogP contribution in [0.2, 0.25) is 0 Å². The van der Waals surface area contributed by atoms with E-state index in [4.69, 9.17) is 0 Å². The smallest absolute Gasteiger partial charge is 0.255 e. The number of H-pyrrole nitrogens is 1. The molecule has 3 heterocycles. The molecule has 0 bridgehead atoms. The number of imidazole rings is 1. The number of rotatable bonds is 6. The minimum absolute atomic E-state index is 0.122. The van der Waals surface area contributed by atoms with E-state index in [0.29, 0.717) is 11.5 Å². The van der Waals surface area contributed by atoms with Crippen LogP contribution in [0.15, 0.2) is 97.6 Å². The van der Waals surface area contributed by atoms with Crippen molar-refractivity contribution in [1.82, 2.24) is 24.5 Å². The zero-order valence-corrected chi connectivity index (χ0v) is 19.5. The summed E-state index contributed by atoms with van der Waals surface area (Å²) in [7, 11) is 0. The van der Waals surface area contributed by atoms with E-state index >= 15 is 0 Å². The summed E-state index contributed by atoms with van der Waals surface area (Å²) in [6, 6.07) is 25.0. The first kappa shape index (κ1) is 21.5. The number of amides is 1. The van der Waals surface area contributed by atoms with Crippen LogP contribution in [0.4, 0.5) is 11.6 Å². The van der Waals surface area contributed by atoms with E-state index in [0.717, 1.165) is 39.0 Å². The third-order valence-electron chi connectivity index (χ3n) is 6.15. The first-order valence-corrected chi connectivity index (χ1v) is 11.6. The molecule has 0 saturated heterocycles. The SMILES string of the molecule is C[C@H](Nc1nccc(-n2cnc3ccccc32)n1)c1cccc(C(=O)Nc2ccc3[nH]ccc3c2)c1. The average Bonchev–Trinajstić information content (AvgIpc) is 3.56. The molecule has 0 aliphatic carbocycles. The maximum Gasteiger partial charge on any atom is 0.255 e. The van der Waals surface area contributed by atoms with Gasteiger partial charge in [-0.3, -0.25) is 9.36 Å². The number of nitrogens with one attached hydrogen (secondary N) is 3. The zero-order chi connectivity index (χ0) is 24.5. The van der Waals surface area contributed by atoms with E-state index in [1.54, 1.807) is 12.5 Å². The first-order valence-electron chi connectivity index (χ1n) is 11.6. The third-order valence-corrected chi connectivity index (χ3v) is 6.15. The van der Waals surface area contributed by atoms with E-state index in [-0.39, 0.29) is 11.9 Å². The summed E-state index contributed by atoms with van der Waals surface area (Å²) >= 11 is 0. The van der Waals surface area contributed by atoms with Gasteiger partial charge >= 0.3 is 0 Å². The highest BCUT2D eigenvalue weighted by atomic mass is 16.1. The van der Waals surface area contributed by atoms with Crippen LogP contribution >= 0.6 is 0 Å². The van der Waals surface area contributed by atoms with Gasteiger partial charge in [0.05, 0.1) is 17.1 Å². The van der Waals surface area contributed by atoms with Crippen LogP contribution in [-0.2, 0) is 0 Å². The fraction of sp³-hybridized carbons (Fsp3) is 0.0714. The molecule has 8 nitrogen and oxygen atoms in total. The summed E-state index contributed by atoms with van der Waals surface area (Å²) in [5.74, 6) is 1.05. The van der Waals surface area contributed by atoms with Gasteiger partial charge in [0.1, 0.15) is 12.1 Å². The number of anilines is 2. The number of aromatic amines is 1. The van der Waals surface area contributed by atoms with Gasteiger partial charge in [0.15, 0.2) is 0 Å². The molecular weight excluding hydrogens is 450 g/mol. The maximum absolute atomic E-state index is 12.9. The monoisotopic (exact) mass is 473 g/mol. The molecule has 8 heteroatoms. The molecule has 36 heavy (non-hydrogen) atoms. The normalized spacial score (nSPS) is 12.0. The van der Waals surface area contributed by atoms with E-state index < -0.39 is 0 Å². The molecule has 0 fully saturated rings. The van der Waals surface area contributed by atoms with Gasteiger partial charge < -0.3 is 15.6 Å². The van der Waals surface area contributed by atoms with E-state index in [9.17, 15) is 4.79 Å². The highest BCUT2D eigenvalue weighted by Crippen LogP contribution is 2.22. The number of para-hydroxylation sites is 2. The van der Waals surface area contributed by atoms with Gasteiger partial charge in [-0.2, -0.15) is 4.98 Å². The molecule has 1 atom stereocenters. The zero-order valence-electron chi connectivity index (χ0n) is 19.5. The second-order valence-corrected chi connectivity index (χ2v) is 8.57. The fourth-order valence-electron chi connectivity index (χ4n) is 4.26. The van der Waals surface area contributed by atoms with Crippen molar-refractivity contribution in [2.24, 2.45) is 0 Å². The van der Waals surface area contributed by atoms with Gasteiger partial charge in [0.2, 0.25) is 5.95 Å². The van der Waals surface area contributed by atoms with Crippen molar-refractivity contribution in [1.29, 1.82) is 0 Å². The highest BCUT2D eigenvalue weighted by molar-refractivity contribution is 6.05. The van der Waals surface area contributed by atoms with Crippen LogP contribution in [0.3, 0.4) is 0 Å². The molecule has 0 spiro atoms. The van der Waals surface area contributed by atoms with Gasteiger partial charge in [-0.25, -0.2) is 9.97 Å². The average molecular weight is 474 g/mol. The predicted molar refractivity (Wildman–Crippen MR) is 141 cm³/mol. The molecule has 176 valence electrons. The van der Waals surface area contributed by atoms with Gasteiger partial charge in [0, 0.05) is 34.5 Å². The lowest BCUT2D eigenvalue weighted by atomic mass is 10.0. The lowest BCUT2D eigenvalue weighted by Crippen LogP contribution is -2.14. The number of hydrogen-bond acceptors (Lipinski definition) is 5. The summed E-state index contributed by atoms with van der Waals surface area (Å²) in [6.45, 7) is 2.01. The van der Waals surface area contributed by atoms with Crippen LogP contribution in [0.5, 0.6) is 0 Å². The number of nitrogens with zero attached hydrogens (tertiary/aromatic N) is 4. The minimum atomic E-state index is -0.163. The highest BCUT2D eigenvalue weighted by Gasteiger charge is 2.13. The Kier molecular flexibility index (Phi) is 5.38. The van der Waals surface area contributed by atoms with Crippen molar-refractivity contribution in [3.05, 3.63) is 109 Å². The fourth-order valence-corrected chi connectivity index (χ4v) is 4.26. The molecule has 0 radical (unpaired) electrons. The summed E-state index contributed by atoms with van der Waals surface area (Å²) < 4.78 is 1.93. The Balaban J connectivity index is 1.19. The van der Waals surface area contributed by atoms with Crippen molar-refractivity contribution in [2.45, 2.75) is 13.0 Å². The Morgan fingerprint density at radius 2 is 1.89 bits per heavy atom. The van der Waals surface area contributed by atoms with Gasteiger partial charge in [0.25, 0.3) is 5.91 Å². The molecule has 3 N–H and O–H groups in total. The van der Waals surface area contributed by atoms with Gasteiger partial charge in [-0.05, 0) is 67.1 Å². The Morgan fingerprint density at radius 3 is 2.83 bits per heavy atom. The van der Waals surface area contributed by atoms with Crippen molar-refractivity contribution in [3.8, 4) is 5.82 Å². The summed E-state index contributed by atoms with van der Waals surface area (Å²) in [4.78, 5) is 29.6. The van der Waals surface area contributed by atoms with E-state index in [2.05, 4.69) is 30.6 Å². The van der Waals surface area contributed by atoms with Crippen LogP contribution < -0.4 is 10.6 Å². The van der Waals surface area contributed by atoms with Gasteiger partial charge in [-0.1, -0.05) is 24.3 Å². The van der Waals surface area contributed by atoms with E-state index in [1.165, 1.54) is 0 Å². The molecule has 0 aliphatic heterocycles. The standard InChI is InChI=1S/C28H23N7O/c1-18(32-28-30-14-12-26(34-28)35-17-31-24-7-2-3-8-25(24)35)19-5-4-6-21(15-19)27(36)33-22-9-10-23-20(16-22)11-13-29-23/h2-18,29H,1H3,(H,33,36)(H,30,32,34)/t18-/m0/s1. The second-order valence-electron chi connectivity index (χ2n) is 8.57. The second kappa shape index (κ2) is 8.99. The number of benzene rings is 3. The van der Waals surface area contributed by atoms with Crippen molar-refractivity contribution < 1.29 is 4.79 Å². The summed E-state index contributed by atoms with van der Waals surface area (Å²) in [5.41, 5.74) is 5.19. The van der Waals surface area contributed by atoms with Crippen LogP contribution in [0.1, 0.15) is 28.9 Å². The molecule has 6 rings (SSSR count). The molecule has 6 aromatic rings. The number of fused-ring (bicyclic) bond motifs is 2. The molecule has 0 aliphatic rings. The van der Waals surface area contributed by atoms with Crippen molar-refractivity contribution in [3.63, 3.8) is 0 Å². The van der Waals surface area contributed by atoms with E-state index in [1.807, 2.05) is 96.6 Å². The number of carbonyl (C=O) groups excluding carboxylic acids is 1. The topological polar surface area (TPSA) is 101 Å². The Morgan fingerprint density at radius 1 is 0.972 bits per heavy atom. The molecular formula is C28H23N7O. The van der Waals surface area contributed by atoms with Crippen LogP contribution in [-0.4, -0.2) is 30.4 Å². The lowest BCUT2D eigenvalue weighted by Gasteiger charge is -2.16. The first-order chi connectivity index (χ1) is 17.6. The summed E-state index contributed by atoms with van der Waals surface area (Å²) in [6.07, 6.45) is 5.36. The van der Waals surface area contributed by atoms with Crippen LogP contribution in [0.25, 0.3) is 27.8 Å². The van der Waals surface area contributed by atoms with Gasteiger partial charge in [-0.15, -0.1) is 0 Å².